The van der Waals surface area contributed by atoms with E-state index < -0.39 is 10.8 Å². The number of nitro groups is 1. The minimum Gasteiger partial charge on any atom is -0.477 e. The summed E-state index contributed by atoms with van der Waals surface area (Å²) in [7, 11) is 0. The van der Waals surface area contributed by atoms with Crippen molar-refractivity contribution in [1.29, 1.82) is 0 Å². The Hall–Kier alpha value is -3.22. The molecule has 0 unspecified atom stereocenters. The summed E-state index contributed by atoms with van der Waals surface area (Å²) in [5, 5.41) is 14.7. The number of amides is 1. The highest BCUT2D eigenvalue weighted by Gasteiger charge is 2.14. The van der Waals surface area contributed by atoms with E-state index in [1.54, 1.807) is 6.07 Å². The number of ether oxygens (including phenoxy) is 1. The lowest BCUT2D eigenvalue weighted by molar-refractivity contribution is -0.385. The molecular formula is C17H17N3O4. The van der Waals surface area contributed by atoms with Gasteiger partial charge in [-0.25, -0.2) is 5.43 Å². The van der Waals surface area contributed by atoms with Crippen molar-refractivity contribution in [2.75, 3.05) is 6.61 Å². The summed E-state index contributed by atoms with van der Waals surface area (Å²) in [6, 6.07) is 13.6. The summed E-state index contributed by atoms with van der Waals surface area (Å²) in [4.78, 5) is 21.9. The zero-order chi connectivity index (χ0) is 17.4. The molecule has 0 saturated heterocycles. The van der Waals surface area contributed by atoms with Gasteiger partial charge in [0.1, 0.15) is 0 Å². The van der Waals surface area contributed by atoms with E-state index in [9.17, 15) is 14.9 Å². The number of aryl methyl sites for hydroxylation is 1. The van der Waals surface area contributed by atoms with E-state index in [0.29, 0.717) is 0 Å². The predicted octanol–water partition coefficient (Wildman–Crippen LogP) is 2.69. The third kappa shape index (κ3) is 4.91. The van der Waals surface area contributed by atoms with Crippen molar-refractivity contribution in [2.24, 2.45) is 5.10 Å². The highest BCUT2D eigenvalue weighted by Crippen LogP contribution is 2.25. The Morgan fingerprint density at radius 3 is 2.62 bits per heavy atom. The molecule has 1 amide bonds. The Morgan fingerprint density at radius 2 is 1.96 bits per heavy atom. The molecule has 0 fully saturated rings. The van der Waals surface area contributed by atoms with Crippen molar-refractivity contribution >= 4 is 17.8 Å². The minimum absolute atomic E-state index is 0.0387. The first-order chi connectivity index (χ1) is 11.6. The number of carbonyl (C=O) groups is 1. The van der Waals surface area contributed by atoms with Crippen molar-refractivity contribution in [3.63, 3.8) is 0 Å². The fourth-order valence-corrected chi connectivity index (χ4v) is 1.92. The molecule has 0 aliphatic heterocycles. The molecule has 0 aliphatic carbocycles. The fourth-order valence-electron chi connectivity index (χ4n) is 1.92. The second-order valence-electron chi connectivity index (χ2n) is 4.90. The number of hydrogen-bond acceptors (Lipinski definition) is 5. The Bertz CT molecular complexity index is 742. The van der Waals surface area contributed by atoms with Crippen LogP contribution < -0.4 is 10.2 Å². The average Bonchev–Trinajstić information content (AvgIpc) is 2.60. The number of nitro benzene ring substituents is 1. The maximum absolute atomic E-state index is 11.7. The normalized spacial score (nSPS) is 10.5. The largest absolute Gasteiger partial charge is 0.477 e. The Balaban J connectivity index is 1.85. The van der Waals surface area contributed by atoms with E-state index in [2.05, 4.69) is 17.5 Å². The molecule has 0 radical (unpaired) electrons. The Morgan fingerprint density at radius 1 is 1.25 bits per heavy atom. The first-order valence-electron chi connectivity index (χ1n) is 7.37. The molecule has 24 heavy (non-hydrogen) atoms. The van der Waals surface area contributed by atoms with Crippen LogP contribution in [0.2, 0.25) is 0 Å². The smallest absolute Gasteiger partial charge is 0.310 e. The van der Waals surface area contributed by atoms with Gasteiger partial charge in [-0.15, -0.1) is 0 Å². The highest BCUT2D eigenvalue weighted by molar-refractivity contribution is 5.83. The van der Waals surface area contributed by atoms with Crippen LogP contribution in [-0.4, -0.2) is 23.7 Å². The van der Waals surface area contributed by atoms with Gasteiger partial charge in [0, 0.05) is 6.07 Å². The minimum atomic E-state index is -0.564. The molecule has 2 rings (SSSR count). The number of hydrazone groups is 1. The van der Waals surface area contributed by atoms with E-state index >= 15 is 0 Å². The standard InChI is InChI=1S/C17H17N3O4/c1-2-13-7-9-14(10-8-13)11-18-19-17(21)12-24-16-6-4-3-5-15(16)20(22)23/h3-11H,2,12H2,1H3,(H,19,21). The van der Waals surface area contributed by atoms with Crippen LogP contribution in [0.1, 0.15) is 18.1 Å². The third-order valence-electron chi connectivity index (χ3n) is 3.21. The van der Waals surface area contributed by atoms with Gasteiger partial charge in [-0.3, -0.25) is 14.9 Å². The molecule has 2 aromatic carbocycles. The van der Waals surface area contributed by atoms with Crippen LogP contribution >= 0.6 is 0 Å². The van der Waals surface area contributed by atoms with Crippen molar-refractivity contribution in [3.05, 3.63) is 69.8 Å². The van der Waals surface area contributed by atoms with Gasteiger partial charge < -0.3 is 4.74 Å². The maximum atomic E-state index is 11.7. The van der Waals surface area contributed by atoms with Crippen LogP contribution in [0.3, 0.4) is 0 Å². The van der Waals surface area contributed by atoms with Gasteiger partial charge in [0.2, 0.25) is 0 Å². The number of nitrogens with one attached hydrogen (secondary N) is 1. The van der Waals surface area contributed by atoms with Crippen LogP contribution in [0, 0.1) is 10.1 Å². The zero-order valence-electron chi connectivity index (χ0n) is 13.1. The predicted molar refractivity (Wildman–Crippen MR) is 90.1 cm³/mol. The summed E-state index contributed by atoms with van der Waals surface area (Å²) < 4.78 is 5.17. The third-order valence-corrected chi connectivity index (χ3v) is 3.21. The summed E-state index contributed by atoms with van der Waals surface area (Å²) in [6.45, 7) is 1.71. The van der Waals surface area contributed by atoms with Crippen molar-refractivity contribution in [3.8, 4) is 5.75 Å². The van der Waals surface area contributed by atoms with E-state index in [0.717, 1.165) is 12.0 Å². The van der Waals surface area contributed by atoms with Gasteiger partial charge >= 0.3 is 5.69 Å². The second-order valence-corrected chi connectivity index (χ2v) is 4.90. The van der Waals surface area contributed by atoms with E-state index in [1.807, 2.05) is 24.3 Å². The Kier molecular flexibility index (Phi) is 6.01. The maximum Gasteiger partial charge on any atom is 0.310 e. The van der Waals surface area contributed by atoms with Crippen molar-refractivity contribution in [2.45, 2.75) is 13.3 Å². The molecule has 0 aliphatic rings. The Labute approximate surface area is 139 Å². The molecule has 7 heteroatoms. The first-order valence-corrected chi connectivity index (χ1v) is 7.37. The van der Waals surface area contributed by atoms with Crippen LogP contribution in [0.25, 0.3) is 0 Å². The van der Waals surface area contributed by atoms with Gasteiger partial charge in [0.15, 0.2) is 12.4 Å². The lowest BCUT2D eigenvalue weighted by Gasteiger charge is -2.05. The summed E-state index contributed by atoms with van der Waals surface area (Å²) in [5.41, 5.74) is 4.19. The van der Waals surface area contributed by atoms with Crippen LogP contribution in [0.5, 0.6) is 5.75 Å². The van der Waals surface area contributed by atoms with Crippen molar-refractivity contribution < 1.29 is 14.5 Å². The highest BCUT2D eigenvalue weighted by atomic mass is 16.6. The molecule has 7 nitrogen and oxygen atoms in total. The van der Waals surface area contributed by atoms with Gasteiger partial charge in [-0.05, 0) is 23.6 Å². The number of rotatable bonds is 7. The number of para-hydroxylation sites is 2. The molecule has 0 aromatic heterocycles. The summed E-state index contributed by atoms with van der Waals surface area (Å²) in [5.74, 6) is -0.466. The fraction of sp³-hybridized carbons (Fsp3) is 0.176. The lowest BCUT2D eigenvalue weighted by atomic mass is 10.1. The number of hydrogen-bond donors (Lipinski definition) is 1. The number of benzene rings is 2. The van der Waals surface area contributed by atoms with Crippen LogP contribution in [0.4, 0.5) is 5.69 Å². The summed E-state index contributed by atoms with van der Waals surface area (Å²) in [6.07, 6.45) is 2.47. The molecule has 2 aromatic rings. The van der Waals surface area contributed by atoms with Gasteiger partial charge in [0.25, 0.3) is 5.91 Å². The van der Waals surface area contributed by atoms with Gasteiger partial charge in [-0.2, -0.15) is 5.10 Å². The molecule has 0 saturated carbocycles. The molecule has 124 valence electrons. The van der Waals surface area contributed by atoms with E-state index in [-0.39, 0.29) is 18.0 Å². The van der Waals surface area contributed by atoms with Crippen molar-refractivity contribution in [1.82, 2.24) is 5.43 Å². The molecule has 0 atom stereocenters. The quantitative estimate of drug-likeness (QED) is 0.480. The molecule has 1 N–H and O–H groups in total. The number of nitrogens with zero attached hydrogens (tertiary/aromatic N) is 2. The van der Waals surface area contributed by atoms with Crippen LogP contribution in [0.15, 0.2) is 53.6 Å². The SMILES string of the molecule is CCc1ccc(C=NNC(=O)COc2ccccc2[N+](=O)[O-])cc1. The van der Waals surface area contributed by atoms with E-state index in [4.69, 9.17) is 4.74 Å². The lowest BCUT2D eigenvalue weighted by Crippen LogP contribution is -2.24. The molecule has 0 heterocycles. The van der Waals surface area contributed by atoms with Gasteiger partial charge in [0.05, 0.1) is 11.1 Å². The monoisotopic (exact) mass is 327 g/mol. The van der Waals surface area contributed by atoms with Crippen LogP contribution in [-0.2, 0) is 11.2 Å². The summed E-state index contributed by atoms with van der Waals surface area (Å²) >= 11 is 0. The topological polar surface area (TPSA) is 93.8 Å². The molecule has 0 bridgehead atoms. The molecule has 0 spiro atoms. The van der Waals surface area contributed by atoms with Gasteiger partial charge in [-0.1, -0.05) is 43.3 Å². The molecular weight excluding hydrogens is 310 g/mol. The number of carbonyl (C=O) groups excluding carboxylic acids is 1. The zero-order valence-corrected chi connectivity index (χ0v) is 13.1. The second kappa shape index (κ2) is 8.42. The average molecular weight is 327 g/mol. The first kappa shape index (κ1) is 17.1. The van der Waals surface area contributed by atoms with E-state index in [1.165, 1.54) is 30.0 Å².